The molecule has 1 aromatic carbocycles. The summed E-state index contributed by atoms with van der Waals surface area (Å²) in [6, 6.07) is 7.34. The number of ether oxygens (including phenoxy) is 1. The molecule has 1 aliphatic rings. The highest BCUT2D eigenvalue weighted by molar-refractivity contribution is 5.89. The van der Waals surface area contributed by atoms with Gasteiger partial charge in [-0.1, -0.05) is 12.1 Å². The average molecular weight is 277 g/mol. The van der Waals surface area contributed by atoms with Crippen molar-refractivity contribution in [2.24, 2.45) is 5.73 Å². The Balaban J connectivity index is 1.94. The molecule has 0 bridgehead atoms. The molecule has 110 valence electrons. The standard InChI is InChI=1S/C15H23N3O2/c1-10(16)12-4-6-13(7-5-12)17-14(19)18-15(3)8-9-20-11(15)2/h4-7,10-11H,8-9,16H2,1-3H3,(H2,17,18,19). The molecule has 1 fully saturated rings. The molecule has 1 heterocycles. The summed E-state index contributed by atoms with van der Waals surface area (Å²) in [7, 11) is 0. The van der Waals surface area contributed by atoms with E-state index in [0.717, 1.165) is 17.7 Å². The van der Waals surface area contributed by atoms with Gasteiger partial charge in [0.25, 0.3) is 0 Å². The lowest BCUT2D eigenvalue weighted by atomic mass is 9.95. The number of benzene rings is 1. The zero-order chi connectivity index (χ0) is 14.8. The van der Waals surface area contributed by atoms with E-state index >= 15 is 0 Å². The van der Waals surface area contributed by atoms with E-state index in [1.807, 2.05) is 45.0 Å². The first kappa shape index (κ1) is 14.8. The quantitative estimate of drug-likeness (QED) is 0.794. The highest BCUT2D eigenvalue weighted by Crippen LogP contribution is 2.25. The van der Waals surface area contributed by atoms with Crippen LogP contribution in [0.1, 0.15) is 38.8 Å². The zero-order valence-electron chi connectivity index (χ0n) is 12.3. The maximum Gasteiger partial charge on any atom is 0.319 e. The number of nitrogens with two attached hydrogens (primary N) is 1. The fraction of sp³-hybridized carbons (Fsp3) is 0.533. The number of hydrogen-bond acceptors (Lipinski definition) is 3. The predicted molar refractivity (Wildman–Crippen MR) is 79.6 cm³/mol. The molecule has 1 aromatic rings. The number of carbonyl (C=O) groups is 1. The smallest absolute Gasteiger partial charge is 0.319 e. The Kier molecular flexibility index (Phi) is 4.30. The van der Waals surface area contributed by atoms with Gasteiger partial charge in [0.2, 0.25) is 0 Å². The lowest BCUT2D eigenvalue weighted by Gasteiger charge is -2.28. The summed E-state index contributed by atoms with van der Waals surface area (Å²) in [4.78, 5) is 12.0. The van der Waals surface area contributed by atoms with Gasteiger partial charge in [0, 0.05) is 18.3 Å². The monoisotopic (exact) mass is 277 g/mol. The summed E-state index contributed by atoms with van der Waals surface area (Å²) >= 11 is 0. The minimum Gasteiger partial charge on any atom is -0.376 e. The Hall–Kier alpha value is -1.59. The molecule has 5 nitrogen and oxygen atoms in total. The van der Waals surface area contributed by atoms with Crippen molar-refractivity contribution >= 4 is 11.7 Å². The fourth-order valence-corrected chi connectivity index (χ4v) is 2.29. The van der Waals surface area contributed by atoms with Crippen LogP contribution in [0.15, 0.2) is 24.3 Å². The van der Waals surface area contributed by atoms with Gasteiger partial charge in [-0.25, -0.2) is 4.79 Å². The third kappa shape index (κ3) is 3.29. The molecule has 0 aromatic heterocycles. The van der Waals surface area contributed by atoms with Gasteiger partial charge in [-0.2, -0.15) is 0 Å². The zero-order valence-corrected chi connectivity index (χ0v) is 12.3. The summed E-state index contributed by atoms with van der Waals surface area (Å²) in [6.45, 7) is 6.59. The lowest BCUT2D eigenvalue weighted by Crippen LogP contribution is -2.52. The molecule has 2 rings (SSSR count). The van der Waals surface area contributed by atoms with Crippen LogP contribution in [0.3, 0.4) is 0 Å². The molecule has 20 heavy (non-hydrogen) atoms. The third-order valence-corrected chi connectivity index (χ3v) is 3.98. The number of anilines is 1. The topological polar surface area (TPSA) is 76.4 Å². The van der Waals surface area contributed by atoms with Crippen molar-refractivity contribution in [3.05, 3.63) is 29.8 Å². The Labute approximate surface area is 119 Å². The van der Waals surface area contributed by atoms with Gasteiger partial charge in [-0.3, -0.25) is 0 Å². The molecule has 2 amide bonds. The van der Waals surface area contributed by atoms with Gasteiger partial charge in [0.1, 0.15) is 0 Å². The Bertz CT molecular complexity index is 473. The summed E-state index contributed by atoms with van der Waals surface area (Å²) in [5.41, 5.74) is 7.28. The summed E-state index contributed by atoms with van der Waals surface area (Å²) in [6.07, 6.45) is 0.847. The second-order valence-corrected chi connectivity index (χ2v) is 5.67. The maximum absolute atomic E-state index is 12.0. The number of rotatable bonds is 3. The molecular formula is C15H23N3O2. The van der Waals surface area contributed by atoms with Crippen molar-refractivity contribution in [3.8, 4) is 0 Å². The van der Waals surface area contributed by atoms with Gasteiger partial charge in [0.15, 0.2) is 0 Å². The number of amides is 2. The van der Waals surface area contributed by atoms with Crippen LogP contribution in [0, 0.1) is 0 Å². The summed E-state index contributed by atoms with van der Waals surface area (Å²) in [5.74, 6) is 0. The van der Waals surface area contributed by atoms with E-state index in [2.05, 4.69) is 10.6 Å². The molecule has 0 radical (unpaired) electrons. The highest BCUT2D eigenvalue weighted by atomic mass is 16.5. The Morgan fingerprint density at radius 3 is 2.60 bits per heavy atom. The average Bonchev–Trinajstić information content (AvgIpc) is 2.69. The van der Waals surface area contributed by atoms with Crippen molar-refractivity contribution in [2.45, 2.75) is 44.9 Å². The highest BCUT2D eigenvalue weighted by Gasteiger charge is 2.38. The SMILES string of the molecule is CC(N)c1ccc(NC(=O)NC2(C)CCOC2C)cc1. The van der Waals surface area contributed by atoms with Crippen molar-refractivity contribution in [2.75, 3.05) is 11.9 Å². The van der Waals surface area contributed by atoms with E-state index in [1.165, 1.54) is 0 Å². The second kappa shape index (κ2) is 5.81. The third-order valence-electron chi connectivity index (χ3n) is 3.98. The molecule has 0 aliphatic carbocycles. The number of carbonyl (C=O) groups excluding carboxylic acids is 1. The van der Waals surface area contributed by atoms with Crippen LogP contribution in [0.25, 0.3) is 0 Å². The largest absolute Gasteiger partial charge is 0.376 e. The molecule has 1 aliphatic heterocycles. The van der Waals surface area contributed by atoms with Crippen molar-refractivity contribution in [3.63, 3.8) is 0 Å². The van der Waals surface area contributed by atoms with E-state index in [9.17, 15) is 4.79 Å². The fourth-order valence-electron chi connectivity index (χ4n) is 2.29. The number of nitrogens with one attached hydrogen (secondary N) is 2. The molecule has 0 spiro atoms. The van der Waals surface area contributed by atoms with E-state index in [1.54, 1.807) is 0 Å². The van der Waals surface area contributed by atoms with Crippen LogP contribution in [0.4, 0.5) is 10.5 Å². The van der Waals surface area contributed by atoms with Crippen LogP contribution in [-0.4, -0.2) is 24.3 Å². The van der Waals surface area contributed by atoms with E-state index in [4.69, 9.17) is 10.5 Å². The van der Waals surface area contributed by atoms with Gasteiger partial charge in [-0.05, 0) is 44.9 Å². The lowest BCUT2D eigenvalue weighted by molar-refractivity contribution is 0.0920. The van der Waals surface area contributed by atoms with E-state index in [0.29, 0.717) is 6.61 Å². The van der Waals surface area contributed by atoms with Crippen molar-refractivity contribution in [1.29, 1.82) is 0 Å². The minimum absolute atomic E-state index is 0.00623. The molecule has 5 heteroatoms. The molecular weight excluding hydrogens is 254 g/mol. The van der Waals surface area contributed by atoms with Crippen LogP contribution < -0.4 is 16.4 Å². The molecule has 3 atom stereocenters. The van der Waals surface area contributed by atoms with Crippen molar-refractivity contribution < 1.29 is 9.53 Å². The first-order chi connectivity index (χ1) is 9.40. The Morgan fingerprint density at radius 2 is 2.10 bits per heavy atom. The summed E-state index contributed by atoms with van der Waals surface area (Å²) in [5, 5.41) is 5.83. The first-order valence-corrected chi connectivity index (χ1v) is 6.97. The van der Waals surface area contributed by atoms with E-state index in [-0.39, 0.29) is 23.7 Å². The van der Waals surface area contributed by atoms with Gasteiger partial charge in [0.05, 0.1) is 11.6 Å². The van der Waals surface area contributed by atoms with Gasteiger partial charge >= 0.3 is 6.03 Å². The first-order valence-electron chi connectivity index (χ1n) is 6.97. The molecule has 3 unspecified atom stereocenters. The normalized spacial score (nSPS) is 27.1. The van der Waals surface area contributed by atoms with Crippen molar-refractivity contribution in [1.82, 2.24) is 5.32 Å². The maximum atomic E-state index is 12.0. The van der Waals surface area contributed by atoms with Crippen LogP contribution >= 0.6 is 0 Å². The van der Waals surface area contributed by atoms with Crippen LogP contribution in [0.5, 0.6) is 0 Å². The second-order valence-electron chi connectivity index (χ2n) is 5.67. The molecule has 4 N–H and O–H groups in total. The van der Waals surface area contributed by atoms with Crippen LogP contribution in [0.2, 0.25) is 0 Å². The molecule has 1 saturated heterocycles. The van der Waals surface area contributed by atoms with Gasteiger partial charge < -0.3 is 21.1 Å². The summed E-state index contributed by atoms with van der Waals surface area (Å²) < 4.78 is 5.51. The molecule has 0 saturated carbocycles. The predicted octanol–water partition coefficient (Wildman–Crippen LogP) is 2.40. The van der Waals surface area contributed by atoms with Gasteiger partial charge in [-0.15, -0.1) is 0 Å². The van der Waals surface area contributed by atoms with Crippen LogP contribution in [-0.2, 0) is 4.74 Å². The van der Waals surface area contributed by atoms with E-state index < -0.39 is 0 Å². The Morgan fingerprint density at radius 1 is 1.45 bits per heavy atom. The minimum atomic E-state index is -0.310. The number of hydrogen-bond donors (Lipinski definition) is 3. The number of urea groups is 1.